The van der Waals surface area contributed by atoms with Crippen LogP contribution in [-0.2, 0) is 14.3 Å². The van der Waals surface area contributed by atoms with Crippen LogP contribution in [0.15, 0.2) is 60.7 Å². The fourth-order valence-corrected chi connectivity index (χ4v) is 5.29. The molecule has 0 bridgehead atoms. The lowest BCUT2D eigenvalue weighted by atomic mass is 9.95. The number of ether oxygens (including phenoxy) is 3. The number of carbonyl (C=O) groups excluding carboxylic acids is 3. The van der Waals surface area contributed by atoms with Crippen molar-refractivity contribution in [1.29, 1.82) is 0 Å². The first-order chi connectivity index (χ1) is 19.7. The van der Waals surface area contributed by atoms with Gasteiger partial charge in [0.15, 0.2) is 16.6 Å². The third kappa shape index (κ3) is 5.94. The number of hydrogen-bond donors (Lipinski definition) is 2. The number of rotatable bonds is 11. The Hall–Kier alpha value is -4.64. The number of aliphatic hydroxyl groups excluding tert-OH is 1. The number of carbonyl (C=O) groups is 3. The monoisotopic (exact) mass is 578 g/mol. The second-order valence-corrected chi connectivity index (χ2v) is 10.1. The number of aliphatic hydroxyl groups is 1. The van der Waals surface area contributed by atoms with Crippen molar-refractivity contribution in [2.24, 2.45) is 0 Å². The molecular weight excluding hydrogens is 548 g/mol. The molecule has 1 fully saturated rings. The maximum absolute atomic E-state index is 13.5. The Morgan fingerprint density at radius 1 is 1.22 bits per heavy atom. The van der Waals surface area contributed by atoms with E-state index in [1.165, 1.54) is 31.4 Å². The van der Waals surface area contributed by atoms with Crippen LogP contribution in [0.4, 0.5) is 5.13 Å². The lowest BCUT2D eigenvalue weighted by Gasteiger charge is -2.23. The van der Waals surface area contributed by atoms with Gasteiger partial charge in [-0.3, -0.25) is 14.5 Å². The Morgan fingerprint density at radius 2 is 2.00 bits per heavy atom. The summed E-state index contributed by atoms with van der Waals surface area (Å²) in [6.07, 6.45) is 3.22. The number of aromatic hydroxyl groups is 1. The van der Waals surface area contributed by atoms with Crippen molar-refractivity contribution in [3.63, 3.8) is 0 Å². The first-order valence-corrected chi connectivity index (χ1v) is 13.7. The highest BCUT2D eigenvalue weighted by Crippen LogP contribution is 2.45. The molecule has 1 saturated heterocycles. The molecule has 214 valence electrons. The van der Waals surface area contributed by atoms with Gasteiger partial charge in [0.25, 0.3) is 5.78 Å². The minimum Gasteiger partial charge on any atom is -0.507 e. The van der Waals surface area contributed by atoms with E-state index in [0.29, 0.717) is 23.6 Å². The summed E-state index contributed by atoms with van der Waals surface area (Å²) < 4.78 is 16.2. The van der Waals surface area contributed by atoms with Crippen molar-refractivity contribution in [2.75, 3.05) is 25.2 Å². The van der Waals surface area contributed by atoms with Gasteiger partial charge in [-0.25, -0.2) is 9.78 Å². The van der Waals surface area contributed by atoms with Crippen molar-refractivity contribution in [3.05, 3.63) is 82.4 Å². The number of phenolic OH excluding ortho intramolecular Hbond substituents is 1. The number of aromatic nitrogens is 1. The van der Waals surface area contributed by atoms with Crippen molar-refractivity contribution >= 4 is 39.9 Å². The molecule has 10 nitrogen and oxygen atoms in total. The summed E-state index contributed by atoms with van der Waals surface area (Å²) >= 11 is 0.884. The molecule has 1 aromatic heterocycles. The summed E-state index contributed by atoms with van der Waals surface area (Å²) in [4.78, 5) is 45.3. The molecule has 1 unspecified atom stereocenters. The van der Waals surface area contributed by atoms with E-state index in [9.17, 15) is 24.6 Å². The molecule has 2 N–H and O–H groups in total. The maximum atomic E-state index is 13.5. The molecule has 0 saturated carbocycles. The Morgan fingerprint density at radius 3 is 2.71 bits per heavy atom. The normalized spacial score (nSPS) is 16.1. The Bertz CT molecular complexity index is 1530. The van der Waals surface area contributed by atoms with E-state index in [0.717, 1.165) is 29.1 Å². The predicted octanol–water partition coefficient (Wildman–Crippen LogP) is 5.31. The molecule has 11 heteroatoms. The number of aryl methyl sites for hydroxylation is 1. The van der Waals surface area contributed by atoms with Gasteiger partial charge in [0.1, 0.15) is 23.0 Å². The standard InChI is InChI=1S/C30H30N2O8S/c1-5-7-14-39-20-10-8-9-19(15-20)25(34)23-24(18-11-12-21(33)22(16-18)38-4)32(28(36)26(23)35)30-31-17(3)27(41-30)29(37)40-13-6-2/h6,8-12,15-16,24,33-34H,2,5,7,13-14H2,1,3-4H3. The van der Waals surface area contributed by atoms with Gasteiger partial charge in [0, 0.05) is 5.56 Å². The molecule has 3 aromatic rings. The highest BCUT2D eigenvalue weighted by atomic mass is 32.1. The first-order valence-electron chi connectivity index (χ1n) is 12.9. The first kappa shape index (κ1) is 29.3. The van der Waals surface area contributed by atoms with Crippen molar-refractivity contribution < 1.29 is 38.8 Å². The fourth-order valence-electron chi connectivity index (χ4n) is 4.31. The molecule has 1 aliphatic heterocycles. The minimum atomic E-state index is -1.16. The van der Waals surface area contributed by atoms with Crippen LogP contribution in [0.5, 0.6) is 17.2 Å². The Balaban J connectivity index is 1.87. The number of benzene rings is 2. The van der Waals surface area contributed by atoms with Crippen molar-refractivity contribution in [2.45, 2.75) is 32.7 Å². The Kier molecular flexibility index (Phi) is 9.08. The molecule has 0 spiro atoms. The van der Waals surface area contributed by atoms with Crippen LogP contribution < -0.4 is 14.4 Å². The van der Waals surface area contributed by atoms with Gasteiger partial charge >= 0.3 is 11.9 Å². The zero-order valence-corrected chi connectivity index (χ0v) is 23.7. The van der Waals surface area contributed by atoms with Crippen molar-refractivity contribution in [1.82, 2.24) is 4.98 Å². The zero-order chi connectivity index (χ0) is 29.7. The lowest BCUT2D eigenvalue weighted by molar-refractivity contribution is -0.132. The number of methoxy groups -OCH3 is 1. The molecule has 1 aliphatic rings. The van der Waals surface area contributed by atoms with E-state index in [-0.39, 0.29) is 39.3 Å². The summed E-state index contributed by atoms with van der Waals surface area (Å²) in [6, 6.07) is 9.79. The Labute approximate surface area is 241 Å². The molecule has 1 amide bonds. The minimum absolute atomic E-state index is 0.00938. The second kappa shape index (κ2) is 12.7. The van der Waals surface area contributed by atoms with E-state index < -0.39 is 29.5 Å². The second-order valence-electron chi connectivity index (χ2n) is 9.13. The zero-order valence-electron chi connectivity index (χ0n) is 22.9. The topological polar surface area (TPSA) is 135 Å². The number of nitrogens with zero attached hydrogens (tertiary/aromatic N) is 2. The molecule has 1 atom stereocenters. The highest BCUT2D eigenvalue weighted by molar-refractivity contribution is 7.17. The van der Waals surface area contributed by atoms with Gasteiger partial charge in [-0.15, -0.1) is 0 Å². The van der Waals surface area contributed by atoms with Gasteiger partial charge in [0.05, 0.1) is 31.0 Å². The molecule has 0 radical (unpaired) electrons. The van der Waals surface area contributed by atoms with Crippen LogP contribution in [-0.4, -0.2) is 53.2 Å². The third-order valence-corrected chi connectivity index (χ3v) is 7.48. The van der Waals surface area contributed by atoms with Crippen LogP contribution in [0.3, 0.4) is 0 Å². The fraction of sp³-hybridized carbons (Fsp3) is 0.267. The summed E-state index contributed by atoms with van der Waals surface area (Å²) in [7, 11) is 1.37. The number of ketones is 1. The number of anilines is 1. The van der Waals surface area contributed by atoms with Gasteiger partial charge in [-0.1, -0.05) is 55.5 Å². The molecule has 2 aromatic carbocycles. The van der Waals surface area contributed by atoms with Crippen LogP contribution in [0.1, 0.15) is 52.3 Å². The lowest BCUT2D eigenvalue weighted by Crippen LogP contribution is -2.29. The summed E-state index contributed by atoms with van der Waals surface area (Å²) in [5.74, 6) is -2.50. The summed E-state index contributed by atoms with van der Waals surface area (Å²) in [5, 5.41) is 21.7. The predicted molar refractivity (Wildman–Crippen MR) is 154 cm³/mol. The average Bonchev–Trinajstić information content (AvgIpc) is 3.48. The summed E-state index contributed by atoms with van der Waals surface area (Å²) in [6.45, 7) is 7.63. The number of esters is 1. The van der Waals surface area contributed by atoms with Crippen LogP contribution in [0.25, 0.3) is 5.76 Å². The van der Waals surface area contributed by atoms with Crippen LogP contribution in [0.2, 0.25) is 0 Å². The number of Topliss-reactive ketones (excluding diaryl/α,β-unsaturated/α-hetero) is 1. The van der Waals surface area contributed by atoms with E-state index in [2.05, 4.69) is 11.6 Å². The quantitative estimate of drug-likeness (QED) is 0.0774. The van der Waals surface area contributed by atoms with Gasteiger partial charge in [-0.05, 0) is 43.2 Å². The average molecular weight is 579 g/mol. The highest BCUT2D eigenvalue weighted by Gasteiger charge is 2.48. The smallest absolute Gasteiger partial charge is 0.350 e. The number of hydrogen-bond acceptors (Lipinski definition) is 10. The van der Waals surface area contributed by atoms with Crippen LogP contribution in [0, 0.1) is 6.92 Å². The van der Waals surface area contributed by atoms with Gasteiger partial charge in [0.2, 0.25) is 0 Å². The van der Waals surface area contributed by atoms with E-state index in [1.54, 1.807) is 31.2 Å². The number of phenols is 1. The number of unbranched alkanes of at least 4 members (excludes halogenated alkanes) is 1. The molecule has 41 heavy (non-hydrogen) atoms. The molecule has 0 aliphatic carbocycles. The van der Waals surface area contributed by atoms with Crippen LogP contribution >= 0.6 is 11.3 Å². The van der Waals surface area contributed by atoms with Crippen molar-refractivity contribution in [3.8, 4) is 17.2 Å². The molecule has 4 rings (SSSR count). The van der Waals surface area contributed by atoms with E-state index >= 15 is 0 Å². The molecular formula is C30H30N2O8S. The maximum Gasteiger partial charge on any atom is 0.350 e. The SMILES string of the molecule is C=CCOC(=O)c1sc(N2C(=O)C(=O)C(=C(O)c3cccc(OCCCC)c3)C2c2ccc(O)c(OC)c2)nc1C. The largest absolute Gasteiger partial charge is 0.507 e. The van der Waals surface area contributed by atoms with E-state index in [1.807, 2.05) is 6.92 Å². The third-order valence-electron chi connectivity index (χ3n) is 6.35. The number of amides is 1. The number of thiazole rings is 1. The molecule has 2 heterocycles. The van der Waals surface area contributed by atoms with E-state index in [4.69, 9.17) is 14.2 Å². The van der Waals surface area contributed by atoms with Gasteiger partial charge in [-0.2, -0.15) is 0 Å². The summed E-state index contributed by atoms with van der Waals surface area (Å²) in [5.41, 5.74) is 0.744. The van der Waals surface area contributed by atoms with Gasteiger partial charge < -0.3 is 24.4 Å².